The van der Waals surface area contributed by atoms with Crippen LogP contribution in [-0.4, -0.2) is 45.4 Å². The first-order chi connectivity index (χ1) is 7.43. The molecule has 1 amide bonds. The standard InChI is InChI=1S/C9H15NO5S/c11-7(12)3-1-5-10(9(15)16)6-2-4-8(13)14/h1-6H2,(H,11,12)(H,13,14)(H,15,16). The van der Waals surface area contributed by atoms with Gasteiger partial charge in [0.25, 0.3) is 5.24 Å². The minimum absolute atomic E-state index is 0.0174. The molecule has 0 atom stereocenters. The highest BCUT2D eigenvalue weighted by molar-refractivity contribution is 7.96. The normalized spacial score (nSPS) is 9.81. The van der Waals surface area contributed by atoms with Gasteiger partial charge >= 0.3 is 11.9 Å². The second-order valence-electron chi connectivity index (χ2n) is 3.26. The molecule has 92 valence electrons. The first kappa shape index (κ1) is 14.8. The lowest BCUT2D eigenvalue weighted by molar-refractivity contribution is -0.138. The Morgan fingerprint density at radius 1 is 0.938 bits per heavy atom. The van der Waals surface area contributed by atoms with Gasteiger partial charge in [-0.3, -0.25) is 14.4 Å². The number of hydrogen-bond acceptors (Lipinski definition) is 3. The first-order valence-electron chi connectivity index (χ1n) is 4.85. The molecule has 0 aromatic heterocycles. The fraction of sp³-hybridized carbons (Fsp3) is 0.667. The molecule has 0 spiro atoms. The number of nitrogens with zero attached hydrogens (tertiary/aromatic N) is 1. The van der Waals surface area contributed by atoms with E-state index in [1.54, 1.807) is 0 Å². The van der Waals surface area contributed by atoms with Gasteiger partial charge in [-0.1, -0.05) is 12.6 Å². The first-order valence-corrected chi connectivity index (χ1v) is 5.29. The predicted octanol–water partition coefficient (Wildman–Crippen LogP) is 1.07. The molecule has 0 rings (SSSR count). The predicted molar refractivity (Wildman–Crippen MR) is 59.7 cm³/mol. The van der Waals surface area contributed by atoms with E-state index in [0.29, 0.717) is 12.8 Å². The van der Waals surface area contributed by atoms with Crippen LogP contribution in [0, 0.1) is 0 Å². The molecule has 0 aliphatic heterocycles. The third-order valence-corrected chi connectivity index (χ3v) is 2.19. The molecular weight excluding hydrogens is 234 g/mol. The van der Waals surface area contributed by atoms with Crippen LogP contribution in [0.15, 0.2) is 0 Å². The molecule has 0 aromatic carbocycles. The summed E-state index contributed by atoms with van der Waals surface area (Å²) in [4.78, 5) is 32.8. The van der Waals surface area contributed by atoms with Crippen LogP contribution in [0.3, 0.4) is 0 Å². The zero-order valence-electron chi connectivity index (χ0n) is 8.76. The van der Waals surface area contributed by atoms with Gasteiger partial charge in [0.2, 0.25) is 0 Å². The molecule has 6 nitrogen and oxygen atoms in total. The Bertz CT molecular complexity index is 249. The minimum Gasteiger partial charge on any atom is -0.481 e. The lowest BCUT2D eigenvalue weighted by atomic mass is 10.2. The summed E-state index contributed by atoms with van der Waals surface area (Å²) in [5.74, 6) is -1.84. The van der Waals surface area contributed by atoms with E-state index in [-0.39, 0.29) is 25.9 Å². The SMILES string of the molecule is O=C(O)CCCN(CCCC(=O)O)C(=O)S. The van der Waals surface area contributed by atoms with Gasteiger partial charge in [-0.25, -0.2) is 0 Å². The van der Waals surface area contributed by atoms with Gasteiger partial charge in [-0.2, -0.15) is 0 Å². The molecule has 0 bridgehead atoms. The maximum atomic E-state index is 11.0. The molecule has 0 heterocycles. The number of carbonyl (C=O) groups is 3. The lowest BCUT2D eigenvalue weighted by Gasteiger charge is -2.19. The Balaban J connectivity index is 3.84. The summed E-state index contributed by atoms with van der Waals surface area (Å²) in [6.07, 6.45) is 0.649. The number of amides is 1. The quantitative estimate of drug-likeness (QED) is 0.559. The number of thiol groups is 1. The van der Waals surface area contributed by atoms with Crippen LogP contribution in [0.5, 0.6) is 0 Å². The van der Waals surface area contributed by atoms with E-state index >= 15 is 0 Å². The second-order valence-corrected chi connectivity index (χ2v) is 3.65. The number of aliphatic carboxylic acids is 2. The smallest absolute Gasteiger partial charge is 0.303 e. The van der Waals surface area contributed by atoms with Crippen molar-refractivity contribution in [3.05, 3.63) is 0 Å². The number of carboxylic acids is 2. The van der Waals surface area contributed by atoms with Crippen molar-refractivity contribution in [2.45, 2.75) is 25.7 Å². The van der Waals surface area contributed by atoms with E-state index in [9.17, 15) is 14.4 Å². The van der Waals surface area contributed by atoms with Gasteiger partial charge in [0.05, 0.1) is 0 Å². The summed E-state index contributed by atoms with van der Waals surface area (Å²) < 4.78 is 0. The van der Waals surface area contributed by atoms with E-state index in [1.165, 1.54) is 4.90 Å². The summed E-state index contributed by atoms with van der Waals surface area (Å²) in [6.45, 7) is 0.572. The molecule has 2 N–H and O–H groups in total. The molecule has 16 heavy (non-hydrogen) atoms. The highest BCUT2D eigenvalue weighted by Gasteiger charge is 2.10. The zero-order chi connectivity index (χ0) is 12.6. The topological polar surface area (TPSA) is 94.9 Å². The number of carbonyl (C=O) groups excluding carboxylic acids is 1. The Labute approximate surface area is 98.6 Å². The van der Waals surface area contributed by atoms with Gasteiger partial charge in [0.15, 0.2) is 0 Å². The van der Waals surface area contributed by atoms with Crippen molar-refractivity contribution in [1.82, 2.24) is 4.90 Å². The highest BCUT2D eigenvalue weighted by atomic mass is 32.1. The fourth-order valence-electron chi connectivity index (χ4n) is 1.15. The van der Waals surface area contributed by atoms with Crippen molar-refractivity contribution in [2.24, 2.45) is 0 Å². The number of carboxylic acid groups (broad SMARTS) is 2. The third kappa shape index (κ3) is 8.10. The minimum atomic E-state index is -0.919. The van der Waals surface area contributed by atoms with Crippen molar-refractivity contribution >= 4 is 29.8 Å². The number of rotatable bonds is 8. The molecule has 0 radical (unpaired) electrons. The molecule has 0 fully saturated rings. The van der Waals surface area contributed by atoms with Crippen LogP contribution in [0.4, 0.5) is 4.79 Å². The second kappa shape index (κ2) is 7.98. The maximum absolute atomic E-state index is 11.0. The monoisotopic (exact) mass is 249 g/mol. The van der Waals surface area contributed by atoms with Crippen LogP contribution >= 0.6 is 12.6 Å². The van der Waals surface area contributed by atoms with Crippen molar-refractivity contribution in [3.63, 3.8) is 0 Å². The van der Waals surface area contributed by atoms with E-state index in [1.807, 2.05) is 0 Å². The number of hydrogen-bond donors (Lipinski definition) is 3. The summed E-state index contributed by atoms with van der Waals surface area (Å²) >= 11 is 3.63. The summed E-state index contributed by atoms with van der Waals surface area (Å²) in [5.41, 5.74) is 0. The Kier molecular flexibility index (Phi) is 7.36. The van der Waals surface area contributed by atoms with Crippen LogP contribution in [0.1, 0.15) is 25.7 Å². The summed E-state index contributed by atoms with van der Waals surface area (Å²) in [7, 11) is 0. The zero-order valence-corrected chi connectivity index (χ0v) is 9.65. The van der Waals surface area contributed by atoms with Crippen LogP contribution in [-0.2, 0) is 9.59 Å². The molecule has 7 heteroatoms. The third-order valence-electron chi connectivity index (χ3n) is 1.91. The van der Waals surface area contributed by atoms with E-state index < -0.39 is 17.2 Å². The van der Waals surface area contributed by atoms with Crippen molar-refractivity contribution in [3.8, 4) is 0 Å². The average molecular weight is 249 g/mol. The summed E-state index contributed by atoms with van der Waals surface area (Å²) in [5, 5.41) is 16.4. The fourth-order valence-corrected chi connectivity index (χ4v) is 1.35. The van der Waals surface area contributed by atoms with Crippen molar-refractivity contribution in [1.29, 1.82) is 0 Å². The van der Waals surface area contributed by atoms with Gasteiger partial charge in [0.1, 0.15) is 0 Å². The highest BCUT2D eigenvalue weighted by Crippen LogP contribution is 2.03. The molecule has 0 unspecified atom stereocenters. The maximum Gasteiger partial charge on any atom is 0.303 e. The van der Waals surface area contributed by atoms with Crippen LogP contribution in [0.25, 0.3) is 0 Å². The van der Waals surface area contributed by atoms with Crippen LogP contribution in [0.2, 0.25) is 0 Å². The summed E-state index contributed by atoms with van der Waals surface area (Å²) in [6, 6.07) is 0. The Morgan fingerprint density at radius 2 is 1.31 bits per heavy atom. The average Bonchev–Trinajstić information content (AvgIpc) is 2.14. The largest absolute Gasteiger partial charge is 0.481 e. The lowest BCUT2D eigenvalue weighted by Crippen LogP contribution is -2.29. The van der Waals surface area contributed by atoms with Crippen LogP contribution < -0.4 is 0 Å². The van der Waals surface area contributed by atoms with Gasteiger partial charge < -0.3 is 15.1 Å². The Hall–Kier alpha value is -1.24. The van der Waals surface area contributed by atoms with E-state index in [4.69, 9.17) is 10.2 Å². The molecular formula is C9H15NO5S. The molecule has 0 aliphatic rings. The molecule has 0 saturated carbocycles. The molecule has 0 saturated heterocycles. The molecule has 0 aromatic rings. The van der Waals surface area contributed by atoms with Gasteiger partial charge in [-0.15, -0.1) is 0 Å². The van der Waals surface area contributed by atoms with Gasteiger partial charge in [0, 0.05) is 25.9 Å². The van der Waals surface area contributed by atoms with Crippen molar-refractivity contribution < 1.29 is 24.6 Å². The van der Waals surface area contributed by atoms with Crippen molar-refractivity contribution in [2.75, 3.05) is 13.1 Å². The van der Waals surface area contributed by atoms with E-state index in [2.05, 4.69) is 12.6 Å². The van der Waals surface area contributed by atoms with E-state index in [0.717, 1.165) is 0 Å². The van der Waals surface area contributed by atoms with Gasteiger partial charge in [-0.05, 0) is 12.8 Å². The Morgan fingerprint density at radius 3 is 1.56 bits per heavy atom. The molecule has 0 aliphatic carbocycles.